The van der Waals surface area contributed by atoms with Crippen molar-refractivity contribution < 1.29 is 14.3 Å². The molecule has 0 saturated carbocycles. The molecule has 1 atom stereocenters. The molecule has 0 spiro atoms. The smallest absolute Gasteiger partial charge is 0.275 e. The van der Waals surface area contributed by atoms with Gasteiger partial charge in [-0.25, -0.2) is 0 Å². The molecule has 2 aromatic heterocycles. The number of hydrogen-bond acceptors (Lipinski definition) is 5. The first-order chi connectivity index (χ1) is 14.7. The normalized spacial score (nSPS) is 17.9. The molecule has 156 valence electrons. The lowest BCUT2D eigenvalue weighted by Gasteiger charge is -2.37. The van der Waals surface area contributed by atoms with Gasteiger partial charge in [0.25, 0.3) is 5.91 Å². The maximum Gasteiger partial charge on any atom is 0.275 e. The van der Waals surface area contributed by atoms with Crippen molar-refractivity contribution in [2.45, 2.75) is 38.1 Å². The number of aromatic nitrogens is 2. The van der Waals surface area contributed by atoms with E-state index in [1.54, 1.807) is 25.6 Å². The molecule has 7 heteroatoms. The fraction of sp³-hybridized carbons (Fsp3) is 0.391. The van der Waals surface area contributed by atoms with Crippen molar-refractivity contribution in [3.63, 3.8) is 0 Å². The summed E-state index contributed by atoms with van der Waals surface area (Å²) in [4.78, 5) is 16.8. The quantitative estimate of drug-likeness (QED) is 0.684. The van der Waals surface area contributed by atoms with Crippen LogP contribution in [-0.4, -0.2) is 41.8 Å². The topological polar surface area (TPSA) is 67.5 Å². The molecule has 0 saturated heterocycles. The van der Waals surface area contributed by atoms with E-state index in [9.17, 15) is 4.79 Å². The molecule has 1 aliphatic heterocycles. The van der Waals surface area contributed by atoms with Crippen LogP contribution in [0.1, 0.15) is 56.6 Å². The summed E-state index contributed by atoms with van der Waals surface area (Å²) in [5.74, 6) is 1.42. The lowest BCUT2D eigenvalue weighted by molar-refractivity contribution is 0.0689. The number of nitrogens with zero attached hydrogens (tertiary/aromatic N) is 2. The second kappa shape index (κ2) is 7.80. The van der Waals surface area contributed by atoms with Crippen LogP contribution in [0.2, 0.25) is 0 Å². The summed E-state index contributed by atoms with van der Waals surface area (Å²) >= 11 is 1.67. The molecule has 1 amide bonds. The molecular weight excluding hydrogens is 398 g/mol. The first kappa shape index (κ1) is 19.2. The highest BCUT2D eigenvalue weighted by Crippen LogP contribution is 2.43. The Labute approximate surface area is 179 Å². The summed E-state index contributed by atoms with van der Waals surface area (Å²) in [6, 6.07) is 8.05. The van der Waals surface area contributed by atoms with Crippen molar-refractivity contribution >= 4 is 17.2 Å². The molecule has 3 heterocycles. The van der Waals surface area contributed by atoms with Crippen molar-refractivity contribution in [1.29, 1.82) is 0 Å². The van der Waals surface area contributed by atoms with Crippen molar-refractivity contribution in [2.24, 2.45) is 0 Å². The summed E-state index contributed by atoms with van der Waals surface area (Å²) in [5, 5.41) is 9.62. The van der Waals surface area contributed by atoms with E-state index >= 15 is 0 Å². The van der Waals surface area contributed by atoms with Gasteiger partial charge >= 0.3 is 0 Å². The third kappa shape index (κ3) is 3.08. The Balaban J connectivity index is 1.59. The number of amides is 1. The number of rotatable bonds is 4. The zero-order valence-corrected chi connectivity index (χ0v) is 18.1. The van der Waals surface area contributed by atoms with Gasteiger partial charge in [-0.3, -0.25) is 9.89 Å². The van der Waals surface area contributed by atoms with Crippen molar-refractivity contribution in [2.75, 3.05) is 20.8 Å². The van der Waals surface area contributed by atoms with Gasteiger partial charge in [0.2, 0.25) is 0 Å². The average Bonchev–Trinajstić information content (AvgIpc) is 3.47. The number of H-pyrrole nitrogens is 1. The summed E-state index contributed by atoms with van der Waals surface area (Å²) in [6.45, 7) is 0.644. The molecule has 5 rings (SSSR count). The van der Waals surface area contributed by atoms with E-state index in [0.717, 1.165) is 59.6 Å². The lowest BCUT2D eigenvalue weighted by Crippen LogP contribution is -2.41. The minimum absolute atomic E-state index is 0.00762. The van der Waals surface area contributed by atoms with E-state index in [1.165, 1.54) is 5.56 Å². The molecule has 1 aliphatic carbocycles. The van der Waals surface area contributed by atoms with Crippen LogP contribution in [0.4, 0.5) is 0 Å². The number of thiophene rings is 1. The number of aryl methyl sites for hydroxylation is 1. The van der Waals surface area contributed by atoms with Gasteiger partial charge in [0, 0.05) is 22.7 Å². The van der Waals surface area contributed by atoms with Crippen molar-refractivity contribution in [3.05, 3.63) is 62.6 Å². The Morgan fingerprint density at radius 2 is 1.97 bits per heavy atom. The third-order valence-corrected chi connectivity index (χ3v) is 7.13. The summed E-state index contributed by atoms with van der Waals surface area (Å²) in [5.41, 5.74) is 5.11. The second-order valence-electron chi connectivity index (χ2n) is 7.81. The number of aromatic amines is 1. The Morgan fingerprint density at radius 1 is 1.17 bits per heavy atom. The van der Waals surface area contributed by atoms with E-state index < -0.39 is 0 Å². The highest BCUT2D eigenvalue weighted by molar-refractivity contribution is 7.10. The van der Waals surface area contributed by atoms with Crippen LogP contribution in [0.15, 0.2) is 29.6 Å². The zero-order valence-electron chi connectivity index (χ0n) is 17.2. The highest BCUT2D eigenvalue weighted by Gasteiger charge is 2.36. The Morgan fingerprint density at radius 3 is 2.73 bits per heavy atom. The van der Waals surface area contributed by atoms with Crippen LogP contribution >= 0.6 is 11.3 Å². The highest BCUT2D eigenvalue weighted by atomic mass is 32.1. The number of ether oxygens (including phenoxy) is 2. The van der Waals surface area contributed by atoms with Crippen LogP contribution in [0.5, 0.6) is 11.5 Å². The predicted molar refractivity (Wildman–Crippen MR) is 116 cm³/mol. The Bertz CT molecular complexity index is 1070. The van der Waals surface area contributed by atoms with Gasteiger partial charge in [-0.05, 0) is 66.8 Å². The maximum absolute atomic E-state index is 13.7. The van der Waals surface area contributed by atoms with E-state index in [4.69, 9.17) is 9.47 Å². The van der Waals surface area contributed by atoms with Gasteiger partial charge in [0.1, 0.15) is 0 Å². The number of carbonyl (C=O) groups is 1. The van der Waals surface area contributed by atoms with Crippen LogP contribution in [0.3, 0.4) is 0 Å². The Kier molecular flexibility index (Phi) is 4.98. The first-order valence-electron chi connectivity index (χ1n) is 10.4. The van der Waals surface area contributed by atoms with Gasteiger partial charge in [-0.2, -0.15) is 5.10 Å². The van der Waals surface area contributed by atoms with Gasteiger partial charge in [-0.1, -0.05) is 6.07 Å². The molecule has 1 N–H and O–H groups in total. The van der Waals surface area contributed by atoms with Crippen molar-refractivity contribution in [3.8, 4) is 11.5 Å². The van der Waals surface area contributed by atoms with Gasteiger partial charge in [0.15, 0.2) is 17.2 Å². The maximum atomic E-state index is 13.7. The van der Waals surface area contributed by atoms with Crippen LogP contribution in [0, 0.1) is 0 Å². The van der Waals surface area contributed by atoms with Gasteiger partial charge in [-0.15, -0.1) is 11.3 Å². The predicted octanol–water partition coefficient (Wildman–Crippen LogP) is 4.16. The lowest BCUT2D eigenvalue weighted by atomic mass is 9.90. The molecule has 30 heavy (non-hydrogen) atoms. The Hall–Kier alpha value is -2.80. The van der Waals surface area contributed by atoms with Crippen LogP contribution in [-0.2, 0) is 19.3 Å². The number of benzene rings is 1. The minimum Gasteiger partial charge on any atom is -0.493 e. The van der Waals surface area contributed by atoms with Gasteiger partial charge in [0.05, 0.1) is 20.3 Å². The standard InChI is InChI=1S/C23H25N3O3S/c1-28-18-12-14-9-10-26(23(27)21-15-6-3-4-7-17(15)24-25-21)22(20-8-5-11-30-20)16(14)13-19(18)29-2/h5,8,11-13,22H,3-4,6-7,9-10H2,1-2H3,(H,24,25). The molecule has 3 aromatic rings. The number of hydrogen-bond donors (Lipinski definition) is 1. The van der Waals surface area contributed by atoms with E-state index in [2.05, 4.69) is 21.6 Å². The molecule has 0 radical (unpaired) electrons. The second-order valence-corrected chi connectivity index (χ2v) is 8.79. The molecule has 0 fully saturated rings. The zero-order chi connectivity index (χ0) is 20.7. The SMILES string of the molecule is COc1cc2c(cc1OC)C(c1cccs1)N(C(=O)c1n[nH]c3c1CCCC3)CC2. The third-order valence-electron chi connectivity index (χ3n) is 6.21. The van der Waals surface area contributed by atoms with Crippen LogP contribution < -0.4 is 9.47 Å². The monoisotopic (exact) mass is 423 g/mol. The first-order valence-corrected chi connectivity index (χ1v) is 11.2. The fourth-order valence-corrected chi connectivity index (χ4v) is 5.57. The van der Waals surface area contributed by atoms with E-state index in [0.29, 0.717) is 18.0 Å². The number of nitrogens with one attached hydrogen (secondary N) is 1. The largest absolute Gasteiger partial charge is 0.493 e. The molecule has 6 nitrogen and oxygen atoms in total. The molecule has 1 aromatic carbocycles. The average molecular weight is 424 g/mol. The van der Waals surface area contributed by atoms with Crippen LogP contribution in [0.25, 0.3) is 0 Å². The summed E-state index contributed by atoms with van der Waals surface area (Å²) < 4.78 is 11.1. The number of fused-ring (bicyclic) bond motifs is 2. The summed E-state index contributed by atoms with van der Waals surface area (Å²) in [6.07, 6.45) is 4.94. The molecular formula is C23H25N3O3S. The molecule has 2 aliphatic rings. The van der Waals surface area contributed by atoms with E-state index in [1.807, 2.05) is 23.1 Å². The number of carbonyl (C=O) groups excluding carboxylic acids is 1. The van der Waals surface area contributed by atoms with E-state index in [-0.39, 0.29) is 11.9 Å². The van der Waals surface area contributed by atoms with Gasteiger partial charge < -0.3 is 14.4 Å². The number of methoxy groups -OCH3 is 2. The van der Waals surface area contributed by atoms with Crippen molar-refractivity contribution in [1.82, 2.24) is 15.1 Å². The molecule has 0 bridgehead atoms. The summed E-state index contributed by atoms with van der Waals surface area (Å²) in [7, 11) is 3.30. The fourth-order valence-electron chi connectivity index (χ4n) is 4.71. The minimum atomic E-state index is -0.156. The molecule has 1 unspecified atom stereocenters.